The highest BCUT2D eigenvalue weighted by atomic mass is 32.2. The lowest BCUT2D eigenvalue weighted by molar-refractivity contribution is 0.597. The zero-order valence-electron chi connectivity index (χ0n) is 12.6. The standard InChI is InChI=1S/C15H14N2O4S3/c1-23(18,19)15-17-14-11(7-10-5-3-2-4-6-10)8-12(24(16,20)21)9-13(14)22-15/h2-6,8-9H,7H2,1H3,(H2,16,20,21). The molecule has 0 bridgehead atoms. The van der Waals surface area contributed by atoms with Gasteiger partial charge < -0.3 is 0 Å². The van der Waals surface area contributed by atoms with E-state index in [1.54, 1.807) is 0 Å². The van der Waals surface area contributed by atoms with Crippen LogP contribution in [0.15, 0.2) is 51.7 Å². The SMILES string of the molecule is CS(=O)(=O)c1nc2c(Cc3ccccc3)cc(S(N)(=O)=O)cc2s1. The van der Waals surface area contributed by atoms with Gasteiger partial charge in [-0.05, 0) is 29.7 Å². The Hall–Kier alpha value is -1.81. The van der Waals surface area contributed by atoms with Gasteiger partial charge in [0.25, 0.3) is 0 Å². The first kappa shape index (κ1) is 17.0. The highest BCUT2D eigenvalue weighted by Crippen LogP contribution is 2.31. The van der Waals surface area contributed by atoms with Crippen LogP contribution in [0.1, 0.15) is 11.1 Å². The molecule has 1 aromatic heterocycles. The number of sulfone groups is 1. The molecular weight excluding hydrogens is 368 g/mol. The minimum Gasteiger partial charge on any atom is -0.225 e. The number of nitrogens with zero attached hydrogens (tertiary/aromatic N) is 1. The molecule has 0 aliphatic rings. The number of fused-ring (bicyclic) bond motifs is 1. The van der Waals surface area contributed by atoms with Crippen molar-refractivity contribution in [2.24, 2.45) is 5.14 Å². The summed E-state index contributed by atoms with van der Waals surface area (Å²) in [6.07, 6.45) is 1.50. The molecule has 0 aliphatic heterocycles. The average molecular weight is 382 g/mol. The number of sulfonamides is 1. The van der Waals surface area contributed by atoms with E-state index in [0.717, 1.165) is 23.2 Å². The number of benzene rings is 2. The quantitative estimate of drug-likeness (QED) is 0.742. The number of hydrogen-bond donors (Lipinski definition) is 1. The summed E-state index contributed by atoms with van der Waals surface area (Å²) < 4.78 is 47.4. The van der Waals surface area contributed by atoms with Gasteiger partial charge in [0.2, 0.25) is 24.2 Å². The molecule has 0 fully saturated rings. The third kappa shape index (κ3) is 3.48. The molecule has 126 valence electrons. The Morgan fingerprint density at radius 1 is 1.08 bits per heavy atom. The molecule has 3 rings (SSSR count). The maximum Gasteiger partial charge on any atom is 0.238 e. The zero-order valence-corrected chi connectivity index (χ0v) is 15.1. The second-order valence-corrected chi connectivity index (χ2v) is 10.2. The van der Waals surface area contributed by atoms with Gasteiger partial charge in [-0.1, -0.05) is 30.3 Å². The van der Waals surface area contributed by atoms with Crippen LogP contribution < -0.4 is 5.14 Å². The summed E-state index contributed by atoms with van der Waals surface area (Å²) in [7, 11) is -7.38. The van der Waals surface area contributed by atoms with Crippen LogP contribution >= 0.6 is 11.3 Å². The summed E-state index contributed by atoms with van der Waals surface area (Å²) >= 11 is 0.940. The molecule has 0 aliphatic carbocycles. The minimum absolute atomic E-state index is 0.0432. The fraction of sp³-hybridized carbons (Fsp3) is 0.133. The first-order valence-electron chi connectivity index (χ1n) is 6.85. The van der Waals surface area contributed by atoms with Crippen LogP contribution in [0, 0.1) is 0 Å². The molecule has 0 saturated carbocycles. The maximum absolute atomic E-state index is 11.8. The second kappa shape index (κ2) is 5.92. The van der Waals surface area contributed by atoms with Crippen molar-refractivity contribution in [3.05, 3.63) is 53.6 Å². The van der Waals surface area contributed by atoms with Gasteiger partial charge in [-0.25, -0.2) is 27.0 Å². The van der Waals surface area contributed by atoms with E-state index in [9.17, 15) is 16.8 Å². The Morgan fingerprint density at radius 2 is 1.75 bits per heavy atom. The van der Waals surface area contributed by atoms with Gasteiger partial charge in [0, 0.05) is 6.26 Å². The fourth-order valence-electron chi connectivity index (χ4n) is 2.32. The van der Waals surface area contributed by atoms with Crippen LogP contribution in [0.4, 0.5) is 0 Å². The largest absolute Gasteiger partial charge is 0.238 e. The van der Waals surface area contributed by atoms with Crippen LogP contribution in [0.3, 0.4) is 0 Å². The normalized spacial score (nSPS) is 12.6. The van der Waals surface area contributed by atoms with E-state index >= 15 is 0 Å². The van der Waals surface area contributed by atoms with Gasteiger partial charge in [0.05, 0.1) is 15.1 Å². The highest BCUT2D eigenvalue weighted by molar-refractivity contribution is 7.92. The molecule has 2 N–H and O–H groups in total. The molecule has 9 heteroatoms. The Kier molecular flexibility index (Phi) is 4.20. The average Bonchev–Trinajstić information content (AvgIpc) is 2.92. The molecule has 0 atom stereocenters. The number of aromatic nitrogens is 1. The lowest BCUT2D eigenvalue weighted by Crippen LogP contribution is -2.12. The van der Waals surface area contributed by atoms with Crippen molar-refractivity contribution in [1.82, 2.24) is 4.98 Å². The smallest absolute Gasteiger partial charge is 0.225 e. The van der Waals surface area contributed by atoms with E-state index in [4.69, 9.17) is 5.14 Å². The van der Waals surface area contributed by atoms with Crippen LogP contribution in [-0.2, 0) is 26.3 Å². The lowest BCUT2D eigenvalue weighted by Gasteiger charge is -2.06. The molecule has 2 aromatic carbocycles. The van der Waals surface area contributed by atoms with E-state index in [1.807, 2.05) is 30.3 Å². The molecule has 6 nitrogen and oxygen atoms in total. The van der Waals surface area contributed by atoms with Gasteiger partial charge in [-0.3, -0.25) is 0 Å². The molecule has 0 unspecified atom stereocenters. The number of thiazole rings is 1. The Bertz CT molecular complexity index is 1120. The predicted molar refractivity (Wildman–Crippen MR) is 93.4 cm³/mol. The fourth-order valence-corrected chi connectivity index (χ4v) is 4.90. The molecule has 0 amide bonds. The van der Waals surface area contributed by atoms with Gasteiger partial charge in [0.15, 0.2) is 0 Å². The monoisotopic (exact) mass is 382 g/mol. The van der Waals surface area contributed by atoms with E-state index in [-0.39, 0.29) is 9.24 Å². The van der Waals surface area contributed by atoms with Crippen molar-refractivity contribution < 1.29 is 16.8 Å². The molecule has 24 heavy (non-hydrogen) atoms. The third-order valence-corrected chi connectivity index (χ3v) is 6.98. The topological polar surface area (TPSA) is 107 Å². The molecule has 0 saturated heterocycles. The number of primary sulfonamides is 1. The van der Waals surface area contributed by atoms with Gasteiger partial charge in [-0.15, -0.1) is 11.3 Å². The maximum atomic E-state index is 11.8. The van der Waals surface area contributed by atoms with Crippen LogP contribution in [-0.4, -0.2) is 28.1 Å². The third-order valence-electron chi connectivity index (χ3n) is 3.41. The summed E-state index contributed by atoms with van der Waals surface area (Å²) in [5.41, 5.74) is 2.06. The van der Waals surface area contributed by atoms with E-state index < -0.39 is 19.9 Å². The van der Waals surface area contributed by atoms with Gasteiger partial charge >= 0.3 is 0 Å². The summed E-state index contributed by atoms with van der Waals surface area (Å²) in [6.45, 7) is 0. The van der Waals surface area contributed by atoms with Gasteiger partial charge in [0.1, 0.15) is 0 Å². The second-order valence-electron chi connectivity index (χ2n) is 5.39. The lowest BCUT2D eigenvalue weighted by atomic mass is 10.0. The van der Waals surface area contributed by atoms with Crippen molar-refractivity contribution in [2.75, 3.05) is 6.26 Å². The van der Waals surface area contributed by atoms with E-state index in [0.29, 0.717) is 22.2 Å². The first-order chi connectivity index (χ1) is 11.1. The minimum atomic E-state index is -3.91. The Balaban J connectivity index is 2.26. The van der Waals surface area contributed by atoms with E-state index in [2.05, 4.69) is 4.98 Å². The number of hydrogen-bond acceptors (Lipinski definition) is 6. The van der Waals surface area contributed by atoms with Crippen molar-refractivity contribution in [3.8, 4) is 0 Å². The summed E-state index contributed by atoms with van der Waals surface area (Å²) in [5, 5.41) is 5.24. The highest BCUT2D eigenvalue weighted by Gasteiger charge is 2.19. The molecule has 1 heterocycles. The zero-order chi connectivity index (χ0) is 17.5. The van der Waals surface area contributed by atoms with Crippen molar-refractivity contribution in [2.45, 2.75) is 15.7 Å². The summed E-state index contributed by atoms with van der Waals surface area (Å²) in [6, 6.07) is 12.3. The van der Waals surface area contributed by atoms with Crippen molar-refractivity contribution in [1.29, 1.82) is 0 Å². The van der Waals surface area contributed by atoms with Gasteiger partial charge in [-0.2, -0.15) is 0 Å². The summed E-state index contributed by atoms with van der Waals surface area (Å²) in [5.74, 6) is 0. The molecule has 3 aromatic rings. The molecular formula is C15H14N2O4S3. The van der Waals surface area contributed by atoms with Crippen LogP contribution in [0.5, 0.6) is 0 Å². The first-order valence-corrected chi connectivity index (χ1v) is 11.1. The predicted octanol–water partition coefficient (Wildman–Crippen LogP) is 1.94. The molecule has 0 radical (unpaired) electrons. The van der Waals surface area contributed by atoms with Crippen molar-refractivity contribution in [3.63, 3.8) is 0 Å². The van der Waals surface area contributed by atoms with E-state index in [1.165, 1.54) is 12.1 Å². The summed E-state index contributed by atoms with van der Waals surface area (Å²) in [4.78, 5) is 4.15. The Labute approximate surface area is 143 Å². The van der Waals surface area contributed by atoms with Crippen LogP contribution in [0.25, 0.3) is 10.2 Å². The number of nitrogens with two attached hydrogens (primary N) is 1. The molecule has 0 spiro atoms. The Morgan fingerprint density at radius 3 is 2.33 bits per heavy atom. The van der Waals surface area contributed by atoms with Crippen molar-refractivity contribution >= 4 is 41.4 Å². The van der Waals surface area contributed by atoms with Crippen LogP contribution in [0.2, 0.25) is 0 Å². The number of rotatable bonds is 4.